The third-order valence-electron chi connectivity index (χ3n) is 2.47. The van der Waals surface area contributed by atoms with Gasteiger partial charge in [-0.3, -0.25) is 4.79 Å². The van der Waals surface area contributed by atoms with Gasteiger partial charge in [0.1, 0.15) is 5.82 Å². The van der Waals surface area contributed by atoms with Crippen LogP contribution in [0.3, 0.4) is 0 Å². The van der Waals surface area contributed by atoms with Crippen LogP contribution in [-0.2, 0) is 0 Å². The van der Waals surface area contributed by atoms with Crippen LogP contribution in [0.4, 0.5) is 4.39 Å². The van der Waals surface area contributed by atoms with Crippen molar-refractivity contribution < 1.29 is 9.18 Å². The lowest BCUT2D eigenvalue weighted by molar-refractivity contribution is 0.0931. The molecule has 1 amide bonds. The smallest absolute Gasteiger partial charge is 0.251 e. The molecule has 1 atom stereocenters. The van der Waals surface area contributed by atoms with Crippen molar-refractivity contribution in [3.63, 3.8) is 0 Å². The van der Waals surface area contributed by atoms with Crippen LogP contribution >= 0.6 is 31.9 Å². The number of rotatable bonds is 4. The summed E-state index contributed by atoms with van der Waals surface area (Å²) < 4.78 is 13.6. The molecule has 1 unspecified atom stereocenters. The fourth-order valence-electron chi connectivity index (χ4n) is 1.27. The molecule has 0 radical (unpaired) electrons. The second-order valence-electron chi connectivity index (χ2n) is 4.11. The molecule has 1 aromatic carbocycles. The second kappa shape index (κ2) is 6.50. The normalized spacial score (nSPS) is 12.6. The Morgan fingerprint density at radius 1 is 1.47 bits per heavy atom. The van der Waals surface area contributed by atoms with Crippen LogP contribution in [0.2, 0.25) is 0 Å². The topological polar surface area (TPSA) is 29.1 Å². The Balaban J connectivity index is 2.79. The molecule has 94 valence electrons. The first-order valence-electron chi connectivity index (χ1n) is 5.27. The maximum atomic E-state index is 13.3. The first kappa shape index (κ1) is 14.6. The van der Waals surface area contributed by atoms with Gasteiger partial charge in [-0.2, -0.15) is 0 Å². The van der Waals surface area contributed by atoms with Crippen molar-refractivity contribution in [2.75, 3.05) is 5.33 Å². The summed E-state index contributed by atoms with van der Waals surface area (Å²) in [6, 6.07) is 4.39. The Morgan fingerprint density at radius 2 is 2.12 bits per heavy atom. The fourth-order valence-corrected chi connectivity index (χ4v) is 2.43. The SMILES string of the molecule is CC(C)C(CBr)NC(=O)c1ccc(Br)c(F)c1. The average molecular weight is 367 g/mol. The Labute approximate surface area is 117 Å². The Morgan fingerprint density at radius 3 is 2.59 bits per heavy atom. The molecule has 0 spiro atoms. The van der Waals surface area contributed by atoms with E-state index < -0.39 is 5.82 Å². The first-order valence-corrected chi connectivity index (χ1v) is 7.19. The van der Waals surface area contributed by atoms with Gasteiger partial charge in [-0.25, -0.2) is 4.39 Å². The number of hydrogen-bond acceptors (Lipinski definition) is 1. The highest BCUT2D eigenvalue weighted by Crippen LogP contribution is 2.16. The number of nitrogens with one attached hydrogen (secondary N) is 1. The minimum absolute atomic E-state index is 0.0363. The molecule has 0 aliphatic rings. The van der Waals surface area contributed by atoms with E-state index in [0.717, 1.165) is 0 Å². The number of halogens is 3. The van der Waals surface area contributed by atoms with E-state index in [1.165, 1.54) is 12.1 Å². The zero-order valence-corrected chi connectivity index (χ0v) is 12.8. The summed E-state index contributed by atoms with van der Waals surface area (Å²) in [5, 5.41) is 3.54. The van der Waals surface area contributed by atoms with E-state index in [9.17, 15) is 9.18 Å². The van der Waals surface area contributed by atoms with E-state index in [0.29, 0.717) is 21.3 Å². The molecule has 5 heteroatoms. The fraction of sp³-hybridized carbons (Fsp3) is 0.417. The quantitative estimate of drug-likeness (QED) is 0.808. The van der Waals surface area contributed by atoms with Crippen LogP contribution in [0.5, 0.6) is 0 Å². The van der Waals surface area contributed by atoms with Crippen LogP contribution < -0.4 is 5.32 Å². The highest BCUT2D eigenvalue weighted by Gasteiger charge is 2.16. The molecule has 1 aromatic rings. The predicted octanol–water partition coefficient (Wildman–Crippen LogP) is 3.74. The zero-order valence-electron chi connectivity index (χ0n) is 9.64. The Hall–Kier alpha value is -0.420. The van der Waals surface area contributed by atoms with Crippen LogP contribution in [0.25, 0.3) is 0 Å². The highest BCUT2D eigenvalue weighted by molar-refractivity contribution is 9.10. The van der Waals surface area contributed by atoms with Gasteiger partial charge in [-0.05, 0) is 40.0 Å². The highest BCUT2D eigenvalue weighted by atomic mass is 79.9. The number of carbonyl (C=O) groups is 1. The summed E-state index contributed by atoms with van der Waals surface area (Å²) >= 11 is 6.40. The van der Waals surface area contributed by atoms with E-state index in [-0.39, 0.29) is 11.9 Å². The lowest BCUT2D eigenvalue weighted by atomic mass is 10.1. The number of benzene rings is 1. The van der Waals surface area contributed by atoms with E-state index >= 15 is 0 Å². The summed E-state index contributed by atoms with van der Waals surface area (Å²) in [7, 11) is 0. The van der Waals surface area contributed by atoms with E-state index in [4.69, 9.17) is 0 Å². The van der Waals surface area contributed by atoms with Gasteiger partial charge in [0.05, 0.1) is 4.47 Å². The number of carbonyl (C=O) groups excluding carboxylic acids is 1. The lowest BCUT2D eigenvalue weighted by Gasteiger charge is -2.19. The molecule has 17 heavy (non-hydrogen) atoms. The Kier molecular flexibility index (Phi) is 5.59. The molecule has 0 aromatic heterocycles. The van der Waals surface area contributed by atoms with Crippen molar-refractivity contribution in [1.29, 1.82) is 0 Å². The largest absolute Gasteiger partial charge is 0.348 e. The Bertz CT molecular complexity index is 409. The molecule has 0 saturated carbocycles. The maximum Gasteiger partial charge on any atom is 0.251 e. The number of alkyl halides is 1. The molecule has 0 bridgehead atoms. The summed E-state index contributed by atoms with van der Waals surface area (Å²) in [4.78, 5) is 11.9. The predicted molar refractivity (Wildman–Crippen MR) is 74.0 cm³/mol. The molecule has 0 aliphatic heterocycles. The number of amides is 1. The van der Waals surface area contributed by atoms with Crippen LogP contribution in [0.15, 0.2) is 22.7 Å². The van der Waals surface area contributed by atoms with E-state index in [1.807, 2.05) is 13.8 Å². The van der Waals surface area contributed by atoms with Gasteiger partial charge in [0.2, 0.25) is 0 Å². The summed E-state index contributed by atoms with van der Waals surface area (Å²) in [5.74, 6) is -0.370. The van der Waals surface area contributed by atoms with Gasteiger partial charge in [0.25, 0.3) is 5.91 Å². The molecule has 2 nitrogen and oxygen atoms in total. The van der Waals surface area contributed by atoms with Crippen molar-refractivity contribution in [1.82, 2.24) is 5.32 Å². The van der Waals surface area contributed by atoms with Crippen molar-refractivity contribution in [2.45, 2.75) is 19.9 Å². The number of hydrogen-bond donors (Lipinski definition) is 1. The molecular formula is C12H14Br2FNO. The first-order chi connectivity index (χ1) is 7.95. The standard InChI is InChI=1S/C12H14Br2FNO/c1-7(2)11(6-13)16-12(17)8-3-4-9(14)10(15)5-8/h3-5,7,11H,6H2,1-2H3,(H,16,17). The van der Waals surface area contributed by atoms with Gasteiger partial charge in [-0.1, -0.05) is 29.8 Å². The summed E-state index contributed by atoms with van der Waals surface area (Å²) in [6.07, 6.45) is 0. The van der Waals surface area contributed by atoms with Crippen LogP contribution in [0, 0.1) is 11.7 Å². The average Bonchev–Trinajstić information content (AvgIpc) is 2.28. The van der Waals surface area contributed by atoms with Gasteiger partial charge in [0, 0.05) is 16.9 Å². The molecular weight excluding hydrogens is 353 g/mol. The monoisotopic (exact) mass is 365 g/mol. The second-order valence-corrected chi connectivity index (χ2v) is 5.61. The van der Waals surface area contributed by atoms with E-state index in [1.54, 1.807) is 6.07 Å². The van der Waals surface area contributed by atoms with Crippen molar-refractivity contribution in [3.8, 4) is 0 Å². The van der Waals surface area contributed by atoms with Crippen molar-refractivity contribution in [2.24, 2.45) is 5.92 Å². The van der Waals surface area contributed by atoms with Crippen molar-refractivity contribution >= 4 is 37.8 Å². The zero-order chi connectivity index (χ0) is 13.0. The molecule has 1 N–H and O–H groups in total. The minimum Gasteiger partial charge on any atom is -0.348 e. The van der Waals surface area contributed by atoms with Gasteiger partial charge in [-0.15, -0.1) is 0 Å². The third kappa shape index (κ3) is 4.07. The molecule has 0 heterocycles. The molecule has 1 rings (SSSR count). The van der Waals surface area contributed by atoms with Crippen LogP contribution in [0.1, 0.15) is 24.2 Å². The van der Waals surface area contributed by atoms with E-state index in [2.05, 4.69) is 37.2 Å². The minimum atomic E-state index is -0.433. The van der Waals surface area contributed by atoms with Gasteiger partial charge >= 0.3 is 0 Å². The molecule has 0 aliphatic carbocycles. The van der Waals surface area contributed by atoms with Gasteiger partial charge < -0.3 is 5.32 Å². The maximum absolute atomic E-state index is 13.3. The van der Waals surface area contributed by atoms with Gasteiger partial charge in [0.15, 0.2) is 0 Å². The summed E-state index contributed by atoms with van der Waals surface area (Å²) in [5.41, 5.74) is 0.331. The van der Waals surface area contributed by atoms with Crippen molar-refractivity contribution in [3.05, 3.63) is 34.1 Å². The summed E-state index contributed by atoms with van der Waals surface area (Å²) in [6.45, 7) is 4.04. The third-order valence-corrected chi connectivity index (χ3v) is 3.81. The lowest BCUT2D eigenvalue weighted by Crippen LogP contribution is -2.39. The van der Waals surface area contributed by atoms with Crippen LogP contribution in [-0.4, -0.2) is 17.3 Å². The molecule has 0 fully saturated rings. The molecule has 0 saturated heterocycles.